The quantitative estimate of drug-likeness (QED) is 0.762. The van der Waals surface area contributed by atoms with Crippen molar-refractivity contribution in [2.24, 2.45) is 0 Å². The number of hydrogen-bond acceptors (Lipinski definition) is 3. The maximum atomic E-state index is 13.6. The number of benzene rings is 1. The fraction of sp³-hybridized carbons (Fsp3) is 0.0769. The van der Waals surface area contributed by atoms with Crippen molar-refractivity contribution in [1.82, 2.24) is 4.98 Å². The van der Waals surface area contributed by atoms with E-state index in [0.29, 0.717) is 23.3 Å². The zero-order chi connectivity index (χ0) is 12.3. The van der Waals surface area contributed by atoms with Crippen molar-refractivity contribution in [2.45, 2.75) is 0 Å². The first-order valence-electron chi connectivity index (χ1n) is 5.01. The number of halogens is 1. The third-order valence-corrected chi connectivity index (χ3v) is 2.38. The average molecular weight is 231 g/mol. The third kappa shape index (κ3) is 2.15. The largest absolute Gasteiger partial charge is 0.481 e. The molecule has 0 N–H and O–H groups in total. The molecule has 3 nitrogen and oxygen atoms in total. The smallest absolute Gasteiger partial charge is 0.213 e. The molecule has 0 radical (unpaired) electrons. The number of aromatic nitrogens is 1. The molecule has 4 heteroatoms. The molecule has 2 aromatic rings. The van der Waals surface area contributed by atoms with Crippen molar-refractivity contribution < 1.29 is 13.9 Å². The molecule has 1 aromatic carbocycles. The van der Waals surface area contributed by atoms with Gasteiger partial charge in [0.15, 0.2) is 6.29 Å². The van der Waals surface area contributed by atoms with E-state index in [1.54, 1.807) is 30.3 Å². The third-order valence-electron chi connectivity index (χ3n) is 2.38. The standard InChI is InChI=1S/C13H10FNO2/c1-17-13-7-6-10(12(8-16)15-13)9-4-2-3-5-11(9)14/h2-8H,1H3. The summed E-state index contributed by atoms with van der Waals surface area (Å²) < 4.78 is 18.5. The molecule has 0 amide bonds. The predicted molar refractivity (Wildman–Crippen MR) is 61.6 cm³/mol. The van der Waals surface area contributed by atoms with Crippen molar-refractivity contribution in [2.75, 3.05) is 7.11 Å². The molecule has 0 unspecified atom stereocenters. The van der Waals surface area contributed by atoms with Gasteiger partial charge in [0.25, 0.3) is 0 Å². The monoisotopic (exact) mass is 231 g/mol. The number of nitrogens with zero attached hydrogens (tertiary/aromatic N) is 1. The summed E-state index contributed by atoms with van der Waals surface area (Å²) in [7, 11) is 1.46. The van der Waals surface area contributed by atoms with Crippen LogP contribution in [0.4, 0.5) is 4.39 Å². The summed E-state index contributed by atoms with van der Waals surface area (Å²) in [6, 6.07) is 9.45. The van der Waals surface area contributed by atoms with E-state index in [1.807, 2.05) is 0 Å². The van der Waals surface area contributed by atoms with Crippen LogP contribution in [0.1, 0.15) is 10.5 Å². The molecule has 17 heavy (non-hydrogen) atoms. The van der Waals surface area contributed by atoms with E-state index < -0.39 is 0 Å². The van der Waals surface area contributed by atoms with Gasteiger partial charge in [-0.2, -0.15) is 0 Å². The van der Waals surface area contributed by atoms with E-state index in [2.05, 4.69) is 4.98 Å². The van der Waals surface area contributed by atoms with Crippen LogP contribution < -0.4 is 4.74 Å². The van der Waals surface area contributed by atoms with Crippen LogP contribution in [0.2, 0.25) is 0 Å². The summed E-state index contributed by atoms with van der Waals surface area (Å²) in [5, 5.41) is 0. The summed E-state index contributed by atoms with van der Waals surface area (Å²) in [5.41, 5.74) is 0.970. The fourth-order valence-electron chi connectivity index (χ4n) is 1.57. The zero-order valence-electron chi connectivity index (χ0n) is 9.18. The van der Waals surface area contributed by atoms with Crippen molar-refractivity contribution in [3.8, 4) is 17.0 Å². The minimum Gasteiger partial charge on any atom is -0.481 e. The van der Waals surface area contributed by atoms with E-state index >= 15 is 0 Å². The lowest BCUT2D eigenvalue weighted by atomic mass is 10.0. The fourth-order valence-corrected chi connectivity index (χ4v) is 1.57. The maximum Gasteiger partial charge on any atom is 0.213 e. The van der Waals surface area contributed by atoms with Crippen LogP contribution in [0, 0.1) is 5.82 Å². The van der Waals surface area contributed by atoms with E-state index in [0.717, 1.165) is 0 Å². The number of ether oxygens (including phenoxy) is 1. The number of methoxy groups -OCH3 is 1. The number of aldehydes is 1. The van der Waals surface area contributed by atoms with E-state index in [-0.39, 0.29) is 11.5 Å². The molecule has 0 aliphatic rings. The molecule has 0 aliphatic carbocycles. The van der Waals surface area contributed by atoms with Gasteiger partial charge in [-0.05, 0) is 12.1 Å². The highest BCUT2D eigenvalue weighted by atomic mass is 19.1. The average Bonchev–Trinajstić information content (AvgIpc) is 2.38. The Morgan fingerprint density at radius 2 is 1.94 bits per heavy atom. The van der Waals surface area contributed by atoms with E-state index in [1.165, 1.54) is 13.2 Å². The molecular weight excluding hydrogens is 221 g/mol. The van der Waals surface area contributed by atoms with Crippen molar-refractivity contribution in [3.63, 3.8) is 0 Å². The predicted octanol–water partition coefficient (Wildman–Crippen LogP) is 2.71. The molecule has 0 bridgehead atoms. The van der Waals surface area contributed by atoms with Gasteiger partial charge in [-0.25, -0.2) is 9.37 Å². The highest BCUT2D eigenvalue weighted by Crippen LogP contribution is 2.26. The Morgan fingerprint density at radius 3 is 2.59 bits per heavy atom. The summed E-state index contributed by atoms with van der Waals surface area (Å²) >= 11 is 0. The first kappa shape index (κ1) is 11.3. The molecular formula is C13H10FNO2. The molecule has 0 atom stereocenters. The van der Waals surface area contributed by atoms with Gasteiger partial charge in [0.1, 0.15) is 11.5 Å². The summed E-state index contributed by atoms with van der Waals surface area (Å²) in [6.45, 7) is 0. The topological polar surface area (TPSA) is 39.2 Å². The molecule has 1 aromatic heterocycles. The molecule has 0 spiro atoms. The van der Waals surface area contributed by atoms with Crippen LogP contribution in [0.25, 0.3) is 11.1 Å². The number of carbonyl (C=O) groups is 1. The first-order valence-corrected chi connectivity index (χ1v) is 5.01. The number of hydrogen-bond donors (Lipinski definition) is 0. The minimum atomic E-state index is -0.387. The SMILES string of the molecule is COc1ccc(-c2ccccc2F)c(C=O)n1. The zero-order valence-corrected chi connectivity index (χ0v) is 9.18. The maximum absolute atomic E-state index is 13.6. The highest BCUT2D eigenvalue weighted by Gasteiger charge is 2.11. The summed E-state index contributed by atoms with van der Waals surface area (Å²) in [5.74, 6) is -0.0604. The highest BCUT2D eigenvalue weighted by molar-refractivity contribution is 5.85. The molecule has 86 valence electrons. The van der Waals surface area contributed by atoms with Gasteiger partial charge in [-0.15, -0.1) is 0 Å². The van der Waals surface area contributed by atoms with Gasteiger partial charge < -0.3 is 4.74 Å². The summed E-state index contributed by atoms with van der Waals surface area (Å²) in [6.07, 6.45) is 0.588. The number of carbonyl (C=O) groups excluding carboxylic acids is 1. The molecule has 0 saturated heterocycles. The van der Waals surface area contributed by atoms with Gasteiger partial charge >= 0.3 is 0 Å². The van der Waals surface area contributed by atoms with Gasteiger partial charge in [0.2, 0.25) is 5.88 Å². The van der Waals surface area contributed by atoms with Crippen molar-refractivity contribution in [3.05, 3.63) is 47.9 Å². The van der Waals surface area contributed by atoms with Crippen LogP contribution in [0.5, 0.6) is 5.88 Å². The van der Waals surface area contributed by atoms with E-state index in [9.17, 15) is 9.18 Å². The molecule has 0 fully saturated rings. The molecule has 0 aliphatic heterocycles. The Labute approximate surface area is 97.9 Å². The van der Waals surface area contributed by atoms with Crippen LogP contribution in [0.15, 0.2) is 36.4 Å². The molecule has 1 heterocycles. The number of pyridine rings is 1. The Morgan fingerprint density at radius 1 is 1.18 bits per heavy atom. The van der Waals surface area contributed by atoms with Crippen molar-refractivity contribution >= 4 is 6.29 Å². The van der Waals surface area contributed by atoms with Crippen LogP contribution in [0.3, 0.4) is 0 Å². The van der Waals surface area contributed by atoms with E-state index in [4.69, 9.17) is 4.74 Å². The Bertz CT molecular complexity index is 555. The normalized spacial score (nSPS) is 10.0. The number of rotatable bonds is 3. The Kier molecular flexibility index (Phi) is 3.14. The van der Waals surface area contributed by atoms with Crippen LogP contribution >= 0.6 is 0 Å². The lowest BCUT2D eigenvalue weighted by Gasteiger charge is -2.07. The lowest BCUT2D eigenvalue weighted by Crippen LogP contribution is -1.97. The Hall–Kier alpha value is -2.23. The first-order chi connectivity index (χ1) is 8.26. The van der Waals surface area contributed by atoms with Gasteiger partial charge in [0, 0.05) is 17.2 Å². The van der Waals surface area contributed by atoms with Gasteiger partial charge in [0.05, 0.1) is 7.11 Å². The molecule has 0 saturated carbocycles. The second-order valence-corrected chi connectivity index (χ2v) is 3.38. The van der Waals surface area contributed by atoms with Gasteiger partial charge in [-0.1, -0.05) is 18.2 Å². The second-order valence-electron chi connectivity index (χ2n) is 3.38. The second kappa shape index (κ2) is 4.74. The van der Waals surface area contributed by atoms with Gasteiger partial charge in [-0.3, -0.25) is 4.79 Å². The Balaban J connectivity index is 2.60. The lowest BCUT2D eigenvalue weighted by molar-refractivity contribution is 0.111. The van der Waals surface area contributed by atoms with Crippen LogP contribution in [-0.4, -0.2) is 18.4 Å². The molecule has 2 rings (SSSR count). The van der Waals surface area contributed by atoms with Crippen molar-refractivity contribution in [1.29, 1.82) is 0 Å². The summed E-state index contributed by atoms with van der Waals surface area (Å²) in [4.78, 5) is 14.9. The minimum absolute atomic E-state index is 0.162. The van der Waals surface area contributed by atoms with Crippen LogP contribution in [-0.2, 0) is 0 Å².